The summed E-state index contributed by atoms with van der Waals surface area (Å²) in [5.41, 5.74) is -0.619. The van der Waals surface area contributed by atoms with Crippen LogP contribution in [-0.4, -0.2) is 44.8 Å². The van der Waals surface area contributed by atoms with Crippen LogP contribution in [0, 0.1) is 5.82 Å². The quantitative estimate of drug-likeness (QED) is 0.780. The Labute approximate surface area is 177 Å². The number of rotatable bonds is 3. The lowest BCUT2D eigenvalue weighted by molar-refractivity contribution is -0.132. The summed E-state index contributed by atoms with van der Waals surface area (Å²) in [6.45, 7) is 1.93. The number of nitrogens with one attached hydrogen (secondary N) is 1. The predicted octanol–water partition coefficient (Wildman–Crippen LogP) is 1.92. The molecule has 8 nitrogen and oxygen atoms in total. The number of aromatic nitrogens is 1. The van der Waals surface area contributed by atoms with Gasteiger partial charge in [0.1, 0.15) is 11.4 Å². The van der Waals surface area contributed by atoms with Gasteiger partial charge in [-0.2, -0.15) is 0 Å². The number of carbonyl (C=O) groups is 2. The summed E-state index contributed by atoms with van der Waals surface area (Å²) >= 11 is 0. The maximum Gasteiger partial charge on any atom is 0.276 e. The second-order valence-corrected chi connectivity index (χ2v) is 8.36. The number of hydrogen-bond donors (Lipinski definition) is 2. The lowest BCUT2D eigenvalue weighted by atomic mass is 10.1. The maximum atomic E-state index is 13.1. The highest BCUT2D eigenvalue weighted by Gasteiger charge is 2.47. The molecule has 2 aliphatic heterocycles. The van der Waals surface area contributed by atoms with Crippen LogP contribution >= 0.6 is 0 Å². The monoisotopic (exact) mass is 427 g/mol. The maximum absolute atomic E-state index is 13.1. The molecule has 4 atom stereocenters. The zero-order chi connectivity index (χ0) is 21.9. The molecule has 1 saturated carbocycles. The molecule has 2 fully saturated rings. The molecule has 2 aromatic rings. The van der Waals surface area contributed by atoms with E-state index in [2.05, 4.69) is 5.32 Å². The Morgan fingerprint density at radius 1 is 1.26 bits per heavy atom. The van der Waals surface area contributed by atoms with E-state index in [1.165, 1.54) is 22.9 Å². The van der Waals surface area contributed by atoms with Crippen molar-refractivity contribution < 1.29 is 23.8 Å². The number of amides is 2. The van der Waals surface area contributed by atoms with Gasteiger partial charge in [-0.05, 0) is 43.9 Å². The minimum atomic E-state index is -0.899. The Morgan fingerprint density at radius 2 is 2.00 bits per heavy atom. The highest BCUT2D eigenvalue weighted by molar-refractivity contribution is 5.99. The van der Waals surface area contributed by atoms with E-state index in [-0.39, 0.29) is 29.9 Å². The van der Waals surface area contributed by atoms with Crippen LogP contribution in [0.3, 0.4) is 0 Å². The van der Waals surface area contributed by atoms with E-state index in [9.17, 15) is 23.9 Å². The highest BCUT2D eigenvalue weighted by Crippen LogP contribution is 2.38. The summed E-state index contributed by atoms with van der Waals surface area (Å²) < 4.78 is 20.6. The molecule has 31 heavy (non-hydrogen) atoms. The van der Waals surface area contributed by atoms with E-state index in [0.29, 0.717) is 5.56 Å². The number of nitrogens with zero attached hydrogens (tertiary/aromatic N) is 2. The Hall–Kier alpha value is -3.20. The molecule has 2 N–H and O–H groups in total. The number of aromatic hydroxyl groups is 1. The zero-order valence-corrected chi connectivity index (χ0v) is 16.9. The summed E-state index contributed by atoms with van der Waals surface area (Å²) in [6.07, 6.45) is 3.39. The van der Waals surface area contributed by atoms with Gasteiger partial charge in [-0.25, -0.2) is 4.39 Å². The van der Waals surface area contributed by atoms with Crippen molar-refractivity contribution in [3.8, 4) is 5.75 Å². The van der Waals surface area contributed by atoms with Crippen LogP contribution in [0.25, 0.3) is 0 Å². The Morgan fingerprint density at radius 3 is 2.74 bits per heavy atom. The molecule has 0 radical (unpaired) electrons. The van der Waals surface area contributed by atoms with Crippen LogP contribution in [0.2, 0.25) is 0 Å². The number of benzene rings is 1. The molecule has 162 valence electrons. The second kappa shape index (κ2) is 7.19. The lowest BCUT2D eigenvalue weighted by Crippen LogP contribution is -2.57. The zero-order valence-electron chi connectivity index (χ0n) is 16.9. The number of hydrogen-bond acceptors (Lipinski definition) is 5. The summed E-state index contributed by atoms with van der Waals surface area (Å²) in [7, 11) is 0. The van der Waals surface area contributed by atoms with Crippen LogP contribution < -0.4 is 10.7 Å². The third-order valence-electron chi connectivity index (χ3n) is 6.42. The van der Waals surface area contributed by atoms with E-state index in [1.807, 2.05) is 0 Å². The topological polar surface area (TPSA) is 101 Å². The fraction of sp³-hybridized carbons (Fsp3) is 0.409. The van der Waals surface area contributed by atoms with Gasteiger partial charge in [-0.3, -0.25) is 14.4 Å². The molecule has 3 aliphatic rings. The SMILES string of the molecule is C[C@@H](NC(=O)c1cn2c(c(O)c1=O)C(=O)N1C(C2)O[C@H]2CC[C@@H]1C2)c1ccc(F)cc1. The average Bonchev–Trinajstić information content (AvgIpc) is 3.11. The van der Waals surface area contributed by atoms with Gasteiger partial charge in [0.15, 0.2) is 17.7 Å². The summed E-state index contributed by atoms with van der Waals surface area (Å²) in [6, 6.07) is 5.20. The number of fused-ring (bicyclic) bond motifs is 5. The minimum Gasteiger partial charge on any atom is -0.503 e. The molecule has 2 bridgehead atoms. The van der Waals surface area contributed by atoms with Crippen LogP contribution in [-0.2, 0) is 11.3 Å². The first kappa shape index (κ1) is 19.7. The largest absolute Gasteiger partial charge is 0.503 e. The molecule has 2 amide bonds. The molecule has 3 heterocycles. The van der Waals surface area contributed by atoms with Crippen LogP contribution in [0.15, 0.2) is 35.3 Å². The van der Waals surface area contributed by atoms with Gasteiger partial charge >= 0.3 is 0 Å². The third-order valence-corrected chi connectivity index (χ3v) is 6.42. The van der Waals surface area contributed by atoms with Crippen molar-refractivity contribution >= 4 is 11.8 Å². The Bertz CT molecular complexity index is 1130. The molecule has 1 aliphatic carbocycles. The number of carbonyl (C=O) groups excluding carboxylic acids is 2. The lowest BCUT2D eigenvalue weighted by Gasteiger charge is -2.44. The molecule has 1 saturated heterocycles. The van der Waals surface area contributed by atoms with E-state index in [0.717, 1.165) is 19.3 Å². The number of halogens is 1. The van der Waals surface area contributed by atoms with Gasteiger partial charge in [-0.15, -0.1) is 0 Å². The fourth-order valence-corrected chi connectivity index (χ4v) is 4.82. The summed E-state index contributed by atoms with van der Waals surface area (Å²) in [5.74, 6) is -2.27. The van der Waals surface area contributed by atoms with Gasteiger partial charge in [0, 0.05) is 12.2 Å². The van der Waals surface area contributed by atoms with Crippen molar-refractivity contribution in [1.82, 2.24) is 14.8 Å². The standard InChI is InChI=1S/C22H22FN3O5/c1-11(12-2-4-13(23)5-3-12)24-21(29)16-9-25-10-17-26(14-6-7-15(8-14)31-17)22(30)18(25)20(28)19(16)27/h2-5,9,11,14-15,17,28H,6-8,10H2,1H3,(H,24,29)/t11-,14-,15+,17?/m1/s1. The van der Waals surface area contributed by atoms with Crippen molar-refractivity contribution in [1.29, 1.82) is 0 Å². The predicted molar refractivity (Wildman–Crippen MR) is 107 cm³/mol. The van der Waals surface area contributed by atoms with Gasteiger partial charge in [0.05, 0.1) is 18.7 Å². The molecule has 1 aromatic heterocycles. The average molecular weight is 427 g/mol. The smallest absolute Gasteiger partial charge is 0.276 e. The van der Waals surface area contributed by atoms with Gasteiger partial charge in [0.25, 0.3) is 11.8 Å². The van der Waals surface area contributed by atoms with E-state index in [4.69, 9.17) is 4.74 Å². The molecule has 5 rings (SSSR count). The highest BCUT2D eigenvalue weighted by atomic mass is 19.1. The summed E-state index contributed by atoms with van der Waals surface area (Å²) in [5, 5.41) is 13.2. The first-order valence-electron chi connectivity index (χ1n) is 10.3. The molecule has 0 spiro atoms. The van der Waals surface area contributed by atoms with E-state index >= 15 is 0 Å². The van der Waals surface area contributed by atoms with E-state index < -0.39 is 41.1 Å². The molecule has 1 aromatic carbocycles. The van der Waals surface area contributed by atoms with Crippen molar-refractivity contribution in [2.75, 3.05) is 0 Å². The number of ether oxygens (including phenoxy) is 1. The third kappa shape index (κ3) is 3.20. The van der Waals surface area contributed by atoms with Crippen molar-refractivity contribution in [3.63, 3.8) is 0 Å². The molecule has 9 heteroatoms. The minimum absolute atomic E-state index is 0.0408. The first-order valence-corrected chi connectivity index (χ1v) is 10.3. The first-order chi connectivity index (χ1) is 14.8. The Balaban J connectivity index is 1.45. The van der Waals surface area contributed by atoms with Crippen molar-refractivity contribution in [2.45, 2.75) is 57.1 Å². The van der Waals surface area contributed by atoms with Gasteiger partial charge in [-0.1, -0.05) is 12.1 Å². The van der Waals surface area contributed by atoms with E-state index in [1.54, 1.807) is 24.0 Å². The van der Waals surface area contributed by atoms with Crippen molar-refractivity contribution in [2.24, 2.45) is 0 Å². The van der Waals surface area contributed by atoms with Gasteiger partial charge in [0.2, 0.25) is 5.43 Å². The number of pyridine rings is 1. The molecular formula is C22H22FN3O5. The fourth-order valence-electron chi connectivity index (χ4n) is 4.82. The van der Waals surface area contributed by atoms with Gasteiger partial charge < -0.3 is 24.6 Å². The van der Waals surface area contributed by atoms with Crippen molar-refractivity contribution in [3.05, 3.63) is 63.3 Å². The Kier molecular flexibility index (Phi) is 4.58. The van der Waals surface area contributed by atoms with Crippen LogP contribution in [0.4, 0.5) is 4.39 Å². The molecular weight excluding hydrogens is 405 g/mol. The summed E-state index contributed by atoms with van der Waals surface area (Å²) in [4.78, 5) is 40.2. The normalized spacial score (nSPS) is 25.0. The van der Waals surface area contributed by atoms with Crippen LogP contribution in [0.5, 0.6) is 5.75 Å². The second-order valence-electron chi connectivity index (χ2n) is 8.36. The molecule has 1 unspecified atom stereocenters. The van der Waals surface area contributed by atoms with Crippen LogP contribution in [0.1, 0.15) is 58.6 Å².